The van der Waals surface area contributed by atoms with Crippen LogP contribution < -0.4 is 19.7 Å². The Morgan fingerprint density at radius 1 is 1.10 bits per heavy atom. The van der Waals surface area contributed by atoms with Crippen molar-refractivity contribution < 1.29 is 19.0 Å². The number of amides is 1. The zero-order valence-corrected chi connectivity index (χ0v) is 19.1. The summed E-state index contributed by atoms with van der Waals surface area (Å²) < 4.78 is 17.1. The van der Waals surface area contributed by atoms with Gasteiger partial charge in [0.25, 0.3) is 0 Å². The molecule has 1 heterocycles. The predicted octanol–water partition coefficient (Wildman–Crippen LogP) is 5.28. The Bertz CT molecular complexity index is 943. The van der Waals surface area contributed by atoms with Crippen molar-refractivity contribution in [2.24, 2.45) is 0 Å². The Kier molecular flexibility index (Phi) is 8.46. The lowest BCUT2D eigenvalue weighted by atomic mass is 10.2. The van der Waals surface area contributed by atoms with Crippen LogP contribution in [0.4, 0.5) is 11.4 Å². The van der Waals surface area contributed by atoms with Gasteiger partial charge in [0.1, 0.15) is 11.5 Å². The summed E-state index contributed by atoms with van der Waals surface area (Å²) in [6, 6.07) is 8.82. The average molecular weight is 465 g/mol. The maximum Gasteiger partial charge on any atom is 0.248 e. The molecule has 0 atom stereocenters. The highest BCUT2D eigenvalue weighted by atomic mass is 35.5. The highest BCUT2D eigenvalue weighted by molar-refractivity contribution is 6.35. The van der Waals surface area contributed by atoms with Gasteiger partial charge in [0, 0.05) is 41.3 Å². The first-order chi connectivity index (χ1) is 15.0. The van der Waals surface area contributed by atoms with Gasteiger partial charge in [-0.3, -0.25) is 4.79 Å². The van der Waals surface area contributed by atoms with Crippen molar-refractivity contribution in [2.45, 2.75) is 13.8 Å². The number of nitrogens with one attached hydrogen (secondary N) is 1. The van der Waals surface area contributed by atoms with E-state index in [1.807, 2.05) is 19.9 Å². The largest absolute Gasteiger partial charge is 0.492 e. The SMILES string of the molecule is CCOc1cc(N2CCOCC2)c(OCC)cc1NC(=O)/C=C/c1ccc(Cl)cc1Cl. The molecule has 1 fully saturated rings. The Morgan fingerprint density at radius 3 is 2.48 bits per heavy atom. The van der Waals surface area contributed by atoms with E-state index in [2.05, 4.69) is 10.2 Å². The number of carbonyl (C=O) groups is 1. The summed E-state index contributed by atoms with van der Waals surface area (Å²) in [6.07, 6.45) is 3.06. The number of nitrogens with zero attached hydrogens (tertiary/aromatic N) is 1. The lowest BCUT2D eigenvalue weighted by Gasteiger charge is -2.31. The van der Waals surface area contributed by atoms with Gasteiger partial charge >= 0.3 is 0 Å². The van der Waals surface area contributed by atoms with Crippen molar-refractivity contribution >= 4 is 46.6 Å². The van der Waals surface area contributed by atoms with E-state index in [1.165, 1.54) is 6.08 Å². The highest BCUT2D eigenvalue weighted by Crippen LogP contribution is 2.39. The molecule has 2 aromatic carbocycles. The Morgan fingerprint density at radius 2 is 1.81 bits per heavy atom. The first kappa shape index (κ1) is 23.3. The molecule has 8 heteroatoms. The maximum absolute atomic E-state index is 12.6. The van der Waals surface area contributed by atoms with Crippen LogP contribution >= 0.6 is 23.2 Å². The maximum atomic E-state index is 12.6. The quantitative estimate of drug-likeness (QED) is 0.538. The molecule has 1 saturated heterocycles. The van der Waals surface area contributed by atoms with Crippen LogP contribution in [0, 0.1) is 0 Å². The molecule has 1 amide bonds. The fourth-order valence-corrected chi connectivity index (χ4v) is 3.69. The minimum absolute atomic E-state index is 0.312. The first-order valence-corrected chi connectivity index (χ1v) is 11.0. The second kappa shape index (κ2) is 11.3. The standard InChI is InChI=1S/C23H26Cl2N2O4/c1-3-30-21-15-20(27-9-11-29-12-10-27)22(31-4-2)14-19(21)26-23(28)8-6-16-5-7-17(24)13-18(16)25/h5-8,13-15H,3-4,9-12H2,1-2H3,(H,26,28)/b8-6+. The van der Waals surface area contributed by atoms with E-state index < -0.39 is 0 Å². The lowest BCUT2D eigenvalue weighted by Crippen LogP contribution is -2.36. The summed E-state index contributed by atoms with van der Waals surface area (Å²) in [7, 11) is 0. The van der Waals surface area contributed by atoms with Crippen molar-refractivity contribution in [1.82, 2.24) is 0 Å². The molecule has 3 rings (SSSR count). The summed E-state index contributed by atoms with van der Waals surface area (Å²) in [5.74, 6) is 0.958. The van der Waals surface area contributed by atoms with Crippen molar-refractivity contribution in [2.75, 3.05) is 49.7 Å². The van der Waals surface area contributed by atoms with Gasteiger partial charge in [-0.1, -0.05) is 29.3 Å². The normalized spacial score (nSPS) is 14.0. The van der Waals surface area contributed by atoms with Crippen LogP contribution in [-0.2, 0) is 9.53 Å². The average Bonchev–Trinajstić information content (AvgIpc) is 2.75. The van der Waals surface area contributed by atoms with Gasteiger partial charge in [-0.15, -0.1) is 0 Å². The van der Waals surface area contributed by atoms with Crippen molar-refractivity contribution in [3.05, 3.63) is 52.0 Å². The second-order valence-electron chi connectivity index (χ2n) is 6.77. The topological polar surface area (TPSA) is 60.0 Å². The Labute approximate surface area is 192 Å². The summed E-state index contributed by atoms with van der Waals surface area (Å²) in [5.41, 5.74) is 2.16. The van der Waals surface area contributed by atoms with Crippen LogP contribution in [0.5, 0.6) is 11.5 Å². The van der Waals surface area contributed by atoms with Gasteiger partial charge < -0.3 is 24.4 Å². The van der Waals surface area contributed by atoms with Crippen LogP contribution in [-0.4, -0.2) is 45.4 Å². The van der Waals surface area contributed by atoms with Crippen LogP contribution in [0.1, 0.15) is 19.4 Å². The third-order valence-electron chi connectivity index (χ3n) is 4.65. The number of hydrogen-bond acceptors (Lipinski definition) is 5. The number of benzene rings is 2. The summed E-state index contributed by atoms with van der Waals surface area (Å²) in [5, 5.41) is 3.89. The van der Waals surface area contributed by atoms with Gasteiger partial charge in [0.05, 0.1) is 37.8 Å². The van der Waals surface area contributed by atoms with Gasteiger partial charge in [-0.25, -0.2) is 0 Å². The van der Waals surface area contributed by atoms with E-state index in [-0.39, 0.29) is 5.91 Å². The smallest absolute Gasteiger partial charge is 0.248 e. The molecular weight excluding hydrogens is 439 g/mol. The molecule has 1 N–H and O–H groups in total. The van der Waals surface area contributed by atoms with Crippen LogP contribution in [0.15, 0.2) is 36.4 Å². The molecule has 166 valence electrons. The number of morpholine rings is 1. The molecule has 1 aliphatic heterocycles. The fourth-order valence-electron chi connectivity index (χ4n) is 3.22. The van der Waals surface area contributed by atoms with Crippen molar-refractivity contribution in [1.29, 1.82) is 0 Å². The molecule has 2 aromatic rings. The number of ether oxygens (including phenoxy) is 3. The molecule has 0 unspecified atom stereocenters. The second-order valence-corrected chi connectivity index (χ2v) is 7.61. The summed E-state index contributed by atoms with van der Waals surface area (Å²) in [4.78, 5) is 14.8. The molecule has 0 spiro atoms. The van der Waals surface area contributed by atoms with Crippen molar-refractivity contribution in [3.8, 4) is 11.5 Å². The van der Waals surface area contributed by atoms with E-state index in [1.54, 1.807) is 30.3 Å². The molecule has 0 radical (unpaired) electrons. The number of anilines is 2. The zero-order chi connectivity index (χ0) is 22.2. The van der Waals surface area contributed by atoms with E-state index in [4.69, 9.17) is 37.4 Å². The lowest BCUT2D eigenvalue weighted by molar-refractivity contribution is -0.111. The van der Waals surface area contributed by atoms with E-state index in [0.29, 0.717) is 59.2 Å². The Hall–Kier alpha value is -2.41. The Balaban J connectivity index is 1.85. The molecule has 1 aliphatic rings. The first-order valence-electron chi connectivity index (χ1n) is 10.2. The number of carbonyl (C=O) groups excluding carboxylic acids is 1. The summed E-state index contributed by atoms with van der Waals surface area (Å²) >= 11 is 12.1. The van der Waals surface area contributed by atoms with Crippen molar-refractivity contribution in [3.63, 3.8) is 0 Å². The van der Waals surface area contributed by atoms with Gasteiger partial charge in [0.2, 0.25) is 5.91 Å². The van der Waals surface area contributed by atoms with E-state index in [9.17, 15) is 4.79 Å². The van der Waals surface area contributed by atoms with E-state index >= 15 is 0 Å². The van der Waals surface area contributed by atoms with Crippen LogP contribution in [0.2, 0.25) is 10.0 Å². The van der Waals surface area contributed by atoms with Crippen LogP contribution in [0.3, 0.4) is 0 Å². The zero-order valence-electron chi connectivity index (χ0n) is 17.6. The third-order valence-corrected chi connectivity index (χ3v) is 5.21. The van der Waals surface area contributed by atoms with E-state index in [0.717, 1.165) is 18.8 Å². The molecule has 31 heavy (non-hydrogen) atoms. The molecule has 0 aromatic heterocycles. The number of halogens is 2. The highest BCUT2D eigenvalue weighted by Gasteiger charge is 2.20. The molecular formula is C23H26Cl2N2O4. The summed E-state index contributed by atoms with van der Waals surface area (Å²) in [6.45, 7) is 7.65. The third kappa shape index (κ3) is 6.29. The molecule has 0 aliphatic carbocycles. The number of rotatable bonds is 8. The molecule has 6 nitrogen and oxygen atoms in total. The number of hydrogen-bond donors (Lipinski definition) is 1. The van der Waals surface area contributed by atoms with Crippen LogP contribution in [0.25, 0.3) is 6.08 Å². The van der Waals surface area contributed by atoms with Gasteiger partial charge in [-0.2, -0.15) is 0 Å². The minimum atomic E-state index is -0.312. The molecule has 0 saturated carbocycles. The molecule has 0 bridgehead atoms. The predicted molar refractivity (Wildman–Crippen MR) is 126 cm³/mol. The monoisotopic (exact) mass is 464 g/mol. The minimum Gasteiger partial charge on any atom is -0.492 e. The fraction of sp³-hybridized carbons (Fsp3) is 0.348. The van der Waals surface area contributed by atoms with Gasteiger partial charge in [0.15, 0.2) is 0 Å². The van der Waals surface area contributed by atoms with Gasteiger partial charge in [-0.05, 0) is 37.6 Å².